The van der Waals surface area contributed by atoms with E-state index in [0.29, 0.717) is 16.8 Å². The van der Waals surface area contributed by atoms with Crippen molar-refractivity contribution in [2.45, 2.75) is 45.8 Å². The minimum Gasteiger partial charge on any atom is -0.346 e. The van der Waals surface area contributed by atoms with E-state index in [9.17, 15) is 4.79 Å². The minimum atomic E-state index is -0.134. The number of carbonyl (C=O) groups is 1. The monoisotopic (exact) mass is 439 g/mol. The number of benzene rings is 1. The number of imidazole rings is 1. The molecule has 0 saturated carbocycles. The van der Waals surface area contributed by atoms with Gasteiger partial charge in [-0.1, -0.05) is 25.4 Å². The lowest BCUT2D eigenvalue weighted by Crippen LogP contribution is -2.40. The van der Waals surface area contributed by atoms with Gasteiger partial charge in [0.2, 0.25) is 5.95 Å². The Kier molecular flexibility index (Phi) is 5.82. The first kappa shape index (κ1) is 21.1. The normalized spacial score (nSPS) is 19.5. The minimum absolute atomic E-state index is 0.0303. The lowest BCUT2D eigenvalue weighted by Gasteiger charge is -2.27. The zero-order valence-corrected chi connectivity index (χ0v) is 18.7. The number of rotatable bonds is 6. The maximum Gasteiger partial charge on any atom is 0.323 e. The Bertz CT molecular complexity index is 1070. The fourth-order valence-corrected chi connectivity index (χ4v) is 4.10. The molecule has 1 saturated heterocycles. The van der Waals surface area contributed by atoms with Gasteiger partial charge in [-0.05, 0) is 50.1 Å². The molecule has 1 aliphatic heterocycles. The Morgan fingerprint density at radius 1 is 1.13 bits per heavy atom. The van der Waals surface area contributed by atoms with Crippen molar-refractivity contribution in [3.8, 4) is 5.69 Å². The number of urea groups is 1. The molecule has 162 valence electrons. The summed E-state index contributed by atoms with van der Waals surface area (Å²) in [7, 11) is 0. The molecule has 3 atom stereocenters. The van der Waals surface area contributed by atoms with Crippen LogP contribution in [-0.2, 0) is 0 Å². The van der Waals surface area contributed by atoms with E-state index in [0.717, 1.165) is 11.4 Å². The maximum atomic E-state index is 12.5. The van der Waals surface area contributed by atoms with Gasteiger partial charge in [-0.2, -0.15) is 4.98 Å². The third kappa shape index (κ3) is 4.34. The second-order valence-corrected chi connectivity index (χ2v) is 8.57. The SMILES string of the molecule is CC(C)[C@H]1C(C)NC(=O)N1c1ccnc(N[C@@H](C)c2cn(-c3ccc(Cl)cc3)cn2)n1. The first-order valence-corrected chi connectivity index (χ1v) is 10.7. The van der Waals surface area contributed by atoms with Crippen LogP contribution < -0.4 is 15.5 Å². The molecule has 0 bridgehead atoms. The van der Waals surface area contributed by atoms with Crippen LogP contribution in [0.25, 0.3) is 5.69 Å². The summed E-state index contributed by atoms with van der Waals surface area (Å²) in [5.74, 6) is 1.31. The molecule has 0 radical (unpaired) electrons. The van der Waals surface area contributed by atoms with Crippen LogP contribution in [0.3, 0.4) is 0 Å². The first-order chi connectivity index (χ1) is 14.8. The molecule has 3 heterocycles. The molecule has 2 amide bonds. The van der Waals surface area contributed by atoms with Crippen molar-refractivity contribution in [2.75, 3.05) is 10.2 Å². The Labute approximate surface area is 186 Å². The van der Waals surface area contributed by atoms with Gasteiger partial charge in [0.25, 0.3) is 0 Å². The van der Waals surface area contributed by atoms with Crippen LogP contribution in [0.1, 0.15) is 39.4 Å². The molecule has 1 fully saturated rings. The number of halogens is 1. The van der Waals surface area contributed by atoms with Crippen LogP contribution in [0.15, 0.2) is 49.1 Å². The highest BCUT2D eigenvalue weighted by atomic mass is 35.5. The molecule has 8 nitrogen and oxygen atoms in total. The first-order valence-electron chi connectivity index (χ1n) is 10.3. The topological polar surface area (TPSA) is 88.0 Å². The van der Waals surface area contributed by atoms with Crippen LogP contribution in [-0.4, -0.2) is 37.6 Å². The fourth-order valence-electron chi connectivity index (χ4n) is 3.98. The average Bonchev–Trinajstić information content (AvgIpc) is 3.33. The quantitative estimate of drug-likeness (QED) is 0.593. The molecule has 1 aliphatic rings. The summed E-state index contributed by atoms with van der Waals surface area (Å²) in [4.78, 5) is 27.7. The summed E-state index contributed by atoms with van der Waals surface area (Å²) in [6.45, 7) is 8.22. The number of hydrogen-bond donors (Lipinski definition) is 2. The standard InChI is InChI=1S/C22H26ClN7O/c1-13(2)20-15(4)27-22(31)30(20)19-9-10-24-21(28-19)26-14(3)18-11-29(12-25-18)17-7-5-16(23)6-8-17/h5-15,20H,1-4H3,(H,27,31)(H,24,26,28)/t14-,15?,20-/m0/s1. The van der Waals surface area contributed by atoms with Crippen molar-refractivity contribution in [1.29, 1.82) is 0 Å². The van der Waals surface area contributed by atoms with E-state index in [2.05, 4.69) is 39.4 Å². The van der Waals surface area contributed by atoms with Gasteiger partial charge in [-0.15, -0.1) is 0 Å². The van der Waals surface area contributed by atoms with E-state index in [1.54, 1.807) is 23.5 Å². The van der Waals surface area contributed by atoms with Crippen molar-refractivity contribution in [2.24, 2.45) is 5.92 Å². The summed E-state index contributed by atoms with van der Waals surface area (Å²) in [5.41, 5.74) is 1.82. The summed E-state index contributed by atoms with van der Waals surface area (Å²) >= 11 is 5.97. The number of anilines is 2. The predicted octanol–water partition coefficient (Wildman–Crippen LogP) is 4.43. The van der Waals surface area contributed by atoms with Gasteiger partial charge in [0.1, 0.15) is 5.82 Å². The zero-order valence-electron chi connectivity index (χ0n) is 18.0. The largest absolute Gasteiger partial charge is 0.346 e. The summed E-state index contributed by atoms with van der Waals surface area (Å²) in [6, 6.07) is 9.14. The molecule has 4 rings (SSSR count). The molecular weight excluding hydrogens is 414 g/mol. The lowest BCUT2D eigenvalue weighted by atomic mass is 9.98. The number of nitrogens with one attached hydrogen (secondary N) is 2. The van der Waals surface area contributed by atoms with E-state index >= 15 is 0 Å². The summed E-state index contributed by atoms with van der Waals surface area (Å²) < 4.78 is 1.93. The third-order valence-corrected chi connectivity index (χ3v) is 5.72. The number of hydrogen-bond acceptors (Lipinski definition) is 5. The molecule has 31 heavy (non-hydrogen) atoms. The summed E-state index contributed by atoms with van der Waals surface area (Å²) in [5, 5.41) is 6.97. The second-order valence-electron chi connectivity index (χ2n) is 8.13. The van der Waals surface area contributed by atoms with Crippen LogP contribution in [0, 0.1) is 5.92 Å². The van der Waals surface area contributed by atoms with Crippen molar-refractivity contribution >= 4 is 29.4 Å². The molecular formula is C22H26ClN7O. The van der Waals surface area contributed by atoms with Crippen molar-refractivity contribution < 1.29 is 4.79 Å². The Balaban J connectivity index is 1.52. The third-order valence-electron chi connectivity index (χ3n) is 5.47. The molecule has 2 aromatic heterocycles. The van der Waals surface area contributed by atoms with Crippen molar-refractivity contribution in [3.05, 3.63) is 59.8 Å². The van der Waals surface area contributed by atoms with Gasteiger partial charge in [-0.25, -0.2) is 14.8 Å². The van der Waals surface area contributed by atoms with Gasteiger partial charge >= 0.3 is 6.03 Å². The highest BCUT2D eigenvalue weighted by Crippen LogP contribution is 2.27. The van der Waals surface area contributed by atoms with Crippen LogP contribution in [0.2, 0.25) is 5.02 Å². The van der Waals surface area contributed by atoms with Crippen molar-refractivity contribution in [1.82, 2.24) is 24.8 Å². The Hall–Kier alpha value is -3.13. The predicted molar refractivity (Wildman–Crippen MR) is 122 cm³/mol. The molecule has 1 aromatic carbocycles. The number of amides is 2. The van der Waals surface area contributed by atoms with E-state index in [4.69, 9.17) is 11.6 Å². The van der Waals surface area contributed by atoms with Crippen LogP contribution >= 0.6 is 11.6 Å². The van der Waals surface area contributed by atoms with Crippen LogP contribution in [0.4, 0.5) is 16.6 Å². The Morgan fingerprint density at radius 2 is 1.87 bits per heavy atom. The molecule has 1 unspecified atom stereocenters. The lowest BCUT2D eigenvalue weighted by molar-refractivity contribution is 0.250. The average molecular weight is 440 g/mol. The van der Waals surface area contributed by atoms with Crippen molar-refractivity contribution in [3.63, 3.8) is 0 Å². The van der Waals surface area contributed by atoms with Gasteiger partial charge in [0.05, 0.1) is 24.1 Å². The molecule has 2 N–H and O–H groups in total. The zero-order chi connectivity index (χ0) is 22.1. The highest BCUT2D eigenvalue weighted by Gasteiger charge is 2.40. The van der Waals surface area contributed by atoms with Gasteiger partial charge in [0, 0.05) is 29.1 Å². The van der Waals surface area contributed by atoms with Gasteiger partial charge in [0.15, 0.2) is 0 Å². The number of aromatic nitrogens is 4. The molecule has 9 heteroatoms. The molecule has 3 aromatic rings. The van der Waals surface area contributed by atoms with Gasteiger partial charge < -0.3 is 15.2 Å². The highest BCUT2D eigenvalue weighted by molar-refractivity contribution is 6.30. The summed E-state index contributed by atoms with van der Waals surface area (Å²) in [6.07, 6.45) is 5.38. The number of nitrogens with zero attached hydrogens (tertiary/aromatic N) is 5. The number of carbonyl (C=O) groups excluding carboxylic acids is 1. The molecule has 0 spiro atoms. The molecule has 0 aliphatic carbocycles. The smallest absolute Gasteiger partial charge is 0.323 e. The fraction of sp³-hybridized carbons (Fsp3) is 0.364. The van der Waals surface area contributed by atoms with E-state index in [1.807, 2.05) is 48.9 Å². The maximum absolute atomic E-state index is 12.5. The van der Waals surface area contributed by atoms with E-state index in [-0.39, 0.29) is 30.1 Å². The van der Waals surface area contributed by atoms with E-state index < -0.39 is 0 Å². The second kappa shape index (κ2) is 8.55. The van der Waals surface area contributed by atoms with Gasteiger partial charge in [-0.3, -0.25) is 4.90 Å². The van der Waals surface area contributed by atoms with Crippen LogP contribution in [0.5, 0.6) is 0 Å². The Morgan fingerprint density at radius 3 is 2.58 bits per heavy atom. The van der Waals surface area contributed by atoms with E-state index in [1.165, 1.54) is 0 Å².